The summed E-state index contributed by atoms with van der Waals surface area (Å²) in [7, 11) is -3.48. The van der Waals surface area contributed by atoms with Crippen LogP contribution >= 0.6 is 11.8 Å². The minimum absolute atomic E-state index is 0.226. The van der Waals surface area contributed by atoms with E-state index < -0.39 is 15.3 Å². The highest BCUT2D eigenvalue weighted by molar-refractivity contribution is 8.00. The van der Waals surface area contributed by atoms with Crippen LogP contribution in [0.2, 0.25) is 0 Å². The summed E-state index contributed by atoms with van der Waals surface area (Å²) in [4.78, 5) is 20.2. The van der Waals surface area contributed by atoms with Gasteiger partial charge in [-0.3, -0.25) is 4.79 Å². The fraction of sp³-hybridized carbons (Fsp3) is 0.273. The summed E-state index contributed by atoms with van der Waals surface area (Å²) in [5.41, 5.74) is 2.05. The molecule has 1 atom stereocenters. The first-order valence-electron chi connectivity index (χ1n) is 10.2. The minimum atomic E-state index is -3.48. The number of carbonyl (C=O) groups is 1. The Bertz CT molecular complexity index is 1190. The summed E-state index contributed by atoms with van der Waals surface area (Å²) in [5.74, 6) is -0.542. The van der Waals surface area contributed by atoms with E-state index in [0.717, 1.165) is 24.1 Å². The number of nitrogens with one attached hydrogen (secondary N) is 2. The zero-order valence-electron chi connectivity index (χ0n) is 17.4. The molecule has 1 amide bonds. The highest BCUT2D eigenvalue weighted by Crippen LogP contribution is 2.26. The number of hydrogen-bond donors (Lipinski definition) is 2. The number of thioether (sulfide) groups is 1. The molecule has 1 aromatic heterocycles. The van der Waals surface area contributed by atoms with Crippen molar-refractivity contribution in [3.63, 3.8) is 0 Å². The van der Waals surface area contributed by atoms with E-state index in [4.69, 9.17) is 0 Å². The first kappa shape index (κ1) is 22.5. The van der Waals surface area contributed by atoms with Gasteiger partial charge in [-0.15, -0.1) is 0 Å². The number of sulfonamides is 1. The molecule has 0 aliphatic carbocycles. The van der Waals surface area contributed by atoms with Gasteiger partial charge in [0.15, 0.2) is 5.16 Å². The number of nitrogens with zero attached hydrogens (tertiary/aromatic N) is 2. The van der Waals surface area contributed by atoms with Gasteiger partial charge in [0.1, 0.15) is 5.82 Å². The van der Waals surface area contributed by atoms with Gasteiger partial charge in [-0.2, -0.15) is 4.31 Å². The third-order valence-electron chi connectivity index (χ3n) is 5.19. The van der Waals surface area contributed by atoms with Gasteiger partial charge in [0.25, 0.3) is 0 Å². The molecule has 10 heteroatoms. The average molecular weight is 475 g/mol. The number of amides is 1. The fourth-order valence-electron chi connectivity index (χ4n) is 3.39. The van der Waals surface area contributed by atoms with Crippen LogP contribution in [0.5, 0.6) is 0 Å². The smallest absolute Gasteiger partial charge is 0.243 e. The summed E-state index contributed by atoms with van der Waals surface area (Å²) in [6.07, 6.45) is 3.40. The predicted octanol–water partition coefficient (Wildman–Crippen LogP) is 4.12. The molecule has 32 heavy (non-hydrogen) atoms. The number of halogens is 1. The maximum Gasteiger partial charge on any atom is 0.243 e. The molecule has 0 spiro atoms. The van der Waals surface area contributed by atoms with Gasteiger partial charge in [0.2, 0.25) is 15.9 Å². The molecule has 7 nitrogen and oxygen atoms in total. The highest BCUT2D eigenvalue weighted by atomic mass is 32.2. The van der Waals surface area contributed by atoms with Crippen molar-refractivity contribution in [2.24, 2.45) is 0 Å². The van der Waals surface area contributed by atoms with Gasteiger partial charge >= 0.3 is 0 Å². The third-order valence-corrected chi connectivity index (χ3v) is 8.10. The maximum absolute atomic E-state index is 13.1. The molecule has 2 aromatic carbocycles. The zero-order chi connectivity index (χ0) is 22.7. The Morgan fingerprint density at radius 2 is 1.78 bits per heavy atom. The molecule has 2 heterocycles. The van der Waals surface area contributed by atoms with Crippen LogP contribution < -0.4 is 5.32 Å². The Hall–Kier alpha value is -2.69. The molecule has 0 bridgehead atoms. The SMILES string of the molecule is C[C@@H](Sc1ncc(-c2ccc(F)cc2)[nH]1)C(=O)Nc1ccc(S(=O)(=O)N2CCCC2)cc1. The van der Waals surface area contributed by atoms with Crippen molar-refractivity contribution in [1.29, 1.82) is 0 Å². The number of hydrogen-bond acceptors (Lipinski definition) is 5. The molecule has 2 N–H and O–H groups in total. The van der Waals surface area contributed by atoms with Crippen LogP contribution in [0.4, 0.5) is 10.1 Å². The zero-order valence-corrected chi connectivity index (χ0v) is 19.0. The highest BCUT2D eigenvalue weighted by Gasteiger charge is 2.27. The lowest BCUT2D eigenvalue weighted by molar-refractivity contribution is -0.115. The molecule has 0 radical (unpaired) electrons. The van der Waals surface area contributed by atoms with Crippen LogP contribution in [0.25, 0.3) is 11.3 Å². The molecule has 0 unspecified atom stereocenters. The summed E-state index contributed by atoms with van der Waals surface area (Å²) in [5, 5.41) is 2.92. The lowest BCUT2D eigenvalue weighted by atomic mass is 10.2. The van der Waals surface area contributed by atoms with Crippen molar-refractivity contribution in [2.45, 2.75) is 35.1 Å². The van der Waals surface area contributed by atoms with Gasteiger partial charge in [0.05, 0.1) is 22.0 Å². The molecule has 1 aliphatic heterocycles. The van der Waals surface area contributed by atoms with Gasteiger partial charge in [0, 0.05) is 18.8 Å². The second kappa shape index (κ2) is 9.43. The summed E-state index contributed by atoms with van der Waals surface area (Å²) >= 11 is 1.26. The first-order valence-corrected chi connectivity index (χ1v) is 12.5. The molecule has 1 saturated heterocycles. The van der Waals surface area contributed by atoms with E-state index in [9.17, 15) is 17.6 Å². The number of aromatic nitrogens is 2. The summed E-state index contributed by atoms with van der Waals surface area (Å²) < 4.78 is 39.8. The average Bonchev–Trinajstić information content (AvgIpc) is 3.47. The topological polar surface area (TPSA) is 95.2 Å². The number of aromatic amines is 1. The van der Waals surface area contributed by atoms with E-state index >= 15 is 0 Å². The van der Waals surface area contributed by atoms with E-state index in [2.05, 4.69) is 15.3 Å². The fourth-order valence-corrected chi connectivity index (χ4v) is 5.69. The summed E-state index contributed by atoms with van der Waals surface area (Å²) in [6, 6.07) is 12.3. The number of anilines is 1. The van der Waals surface area contributed by atoms with Gasteiger partial charge < -0.3 is 10.3 Å². The number of H-pyrrole nitrogens is 1. The van der Waals surface area contributed by atoms with E-state index in [1.807, 2.05) is 0 Å². The molecule has 168 valence electrons. The quantitative estimate of drug-likeness (QED) is 0.503. The Balaban J connectivity index is 1.36. The van der Waals surface area contributed by atoms with Gasteiger partial charge in [-0.25, -0.2) is 17.8 Å². The molecule has 4 rings (SSSR count). The van der Waals surface area contributed by atoms with Crippen molar-refractivity contribution in [3.05, 3.63) is 60.5 Å². The van der Waals surface area contributed by atoms with Crippen molar-refractivity contribution < 1.29 is 17.6 Å². The largest absolute Gasteiger partial charge is 0.333 e. The molecule has 1 fully saturated rings. The number of benzene rings is 2. The second-order valence-corrected chi connectivity index (χ2v) is 10.8. The third kappa shape index (κ3) is 5.03. The standard InChI is InChI=1S/C22H23FN4O3S2/c1-15(31-22-24-14-20(26-22)16-4-6-17(23)7-5-16)21(28)25-18-8-10-19(11-9-18)32(29,30)27-12-2-3-13-27/h4-11,14-15H,2-3,12-13H2,1H3,(H,24,26)(H,25,28)/t15-/m1/s1. The molecule has 1 aliphatic rings. The summed E-state index contributed by atoms with van der Waals surface area (Å²) in [6.45, 7) is 2.85. The van der Waals surface area contributed by atoms with E-state index in [1.54, 1.807) is 37.4 Å². The lowest BCUT2D eigenvalue weighted by Gasteiger charge is -2.16. The van der Waals surface area contributed by atoms with E-state index in [-0.39, 0.29) is 16.6 Å². The van der Waals surface area contributed by atoms with Crippen LogP contribution in [0.15, 0.2) is 64.8 Å². The molecule has 0 saturated carbocycles. The van der Waals surface area contributed by atoms with Crippen molar-refractivity contribution >= 4 is 33.4 Å². The molecule has 3 aromatic rings. The minimum Gasteiger partial charge on any atom is -0.333 e. The molecular weight excluding hydrogens is 451 g/mol. The van der Waals surface area contributed by atoms with Crippen LogP contribution in [0.1, 0.15) is 19.8 Å². The van der Waals surface area contributed by atoms with Gasteiger partial charge in [-0.1, -0.05) is 11.8 Å². The maximum atomic E-state index is 13.1. The Labute approximate surface area is 190 Å². The number of imidazole rings is 1. The van der Waals surface area contributed by atoms with Crippen LogP contribution in [0, 0.1) is 5.82 Å². The first-order chi connectivity index (χ1) is 15.3. The normalized spacial score (nSPS) is 15.6. The van der Waals surface area contributed by atoms with Gasteiger partial charge in [-0.05, 0) is 73.9 Å². The Morgan fingerprint density at radius 3 is 2.44 bits per heavy atom. The van der Waals surface area contributed by atoms with Crippen molar-refractivity contribution in [2.75, 3.05) is 18.4 Å². The van der Waals surface area contributed by atoms with Crippen LogP contribution in [0.3, 0.4) is 0 Å². The van der Waals surface area contributed by atoms with Crippen molar-refractivity contribution in [3.8, 4) is 11.3 Å². The number of rotatable bonds is 7. The predicted molar refractivity (Wildman–Crippen MR) is 122 cm³/mol. The lowest BCUT2D eigenvalue weighted by Crippen LogP contribution is -2.27. The van der Waals surface area contributed by atoms with Crippen LogP contribution in [-0.2, 0) is 14.8 Å². The Kier molecular flexibility index (Phi) is 6.63. The molecular formula is C22H23FN4O3S2. The van der Waals surface area contributed by atoms with Crippen LogP contribution in [-0.4, -0.2) is 46.9 Å². The van der Waals surface area contributed by atoms with E-state index in [1.165, 1.54) is 40.3 Å². The monoisotopic (exact) mass is 474 g/mol. The second-order valence-electron chi connectivity index (χ2n) is 7.49. The van der Waals surface area contributed by atoms with Crippen molar-refractivity contribution in [1.82, 2.24) is 14.3 Å². The number of carbonyl (C=O) groups excluding carboxylic acids is 1. The Morgan fingerprint density at radius 1 is 1.12 bits per heavy atom. The van der Waals surface area contributed by atoms with E-state index in [0.29, 0.717) is 23.9 Å².